The minimum Gasteiger partial charge on any atom is -0.258 e. The van der Waals surface area contributed by atoms with Crippen LogP contribution in [0.2, 0.25) is 0 Å². The van der Waals surface area contributed by atoms with Crippen LogP contribution in [0.4, 0.5) is 11.4 Å². The first-order valence-electron chi connectivity index (χ1n) is 9.63. The summed E-state index contributed by atoms with van der Waals surface area (Å²) in [5.74, 6) is 0. The lowest BCUT2D eigenvalue weighted by Gasteiger charge is -2.40. The zero-order valence-corrected chi connectivity index (χ0v) is 16.3. The molecule has 0 aliphatic carbocycles. The lowest BCUT2D eigenvalue weighted by molar-refractivity contribution is -0.384. The van der Waals surface area contributed by atoms with Crippen molar-refractivity contribution in [3.05, 3.63) is 64.7 Å². The third-order valence-corrected chi connectivity index (χ3v) is 9.25. The highest BCUT2D eigenvalue weighted by atomic mass is 31.2. The van der Waals surface area contributed by atoms with Gasteiger partial charge < -0.3 is 0 Å². The van der Waals surface area contributed by atoms with E-state index in [9.17, 15) is 10.1 Å². The molecule has 2 aliphatic heterocycles. The van der Waals surface area contributed by atoms with Gasteiger partial charge in [-0.05, 0) is 37.8 Å². The average molecular weight is 384 g/mol. The predicted octanol–water partition coefficient (Wildman–Crippen LogP) is 4.77. The van der Waals surface area contributed by atoms with E-state index in [1.54, 1.807) is 24.3 Å². The van der Waals surface area contributed by atoms with Crippen molar-refractivity contribution in [1.82, 2.24) is 9.34 Å². The highest BCUT2D eigenvalue weighted by Gasteiger charge is 2.39. The molecule has 4 rings (SSSR count). The van der Waals surface area contributed by atoms with Gasteiger partial charge in [-0.1, -0.05) is 30.3 Å². The smallest absolute Gasteiger partial charge is 0.258 e. The largest absolute Gasteiger partial charge is 0.269 e. The number of nitro groups is 1. The molecule has 0 spiro atoms. The molecule has 0 radical (unpaired) electrons. The Bertz CT molecular complexity index is 822. The van der Waals surface area contributed by atoms with E-state index in [0.29, 0.717) is 0 Å². The maximum absolute atomic E-state index is 11.0. The second kappa shape index (κ2) is 7.93. The van der Waals surface area contributed by atoms with Crippen molar-refractivity contribution in [2.45, 2.75) is 25.7 Å². The third kappa shape index (κ3) is 3.57. The topological polar surface area (TPSA) is 62.0 Å². The molecule has 0 saturated carbocycles. The zero-order chi connectivity index (χ0) is 18.7. The predicted molar refractivity (Wildman–Crippen MR) is 110 cm³/mol. The van der Waals surface area contributed by atoms with Crippen LogP contribution in [0, 0.1) is 10.1 Å². The molecule has 0 atom stereocenters. The fourth-order valence-electron chi connectivity index (χ4n) is 4.08. The molecule has 2 aromatic rings. The molecule has 27 heavy (non-hydrogen) atoms. The maximum atomic E-state index is 11.0. The molecular weight excluding hydrogens is 359 g/mol. The van der Waals surface area contributed by atoms with Gasteiger partial charge in [-0.2, -0.15) is 0 Å². The number of nitro benzene ring substituents is 1. The number of hydrogen-bond acceptors (Lipinski definition) is 3. The van der Waals surface area contributed by atoms with Crippen LogP contribution in [-0.4, -0.2) is 40.4 Å². The fraction of sp³-hybridized carbons (Fsp3) is 0.400. The molecule has 0 N–H and O–H groups in total. The second-order valence-corrected chi connectivity index (χ2v) is 10.1. The van der Waals surface area contributed by atoms with Crippen LogP contribution in [0.3, 0.4) is 0 Å². The summed E-state index contributed by atoms with van der Waals surface area (Å²) in [7, 11) is -2.08. The van der Waals surface area contributed by atoms with Crippen LogP contribution in [0.1, 0.15) is 25.7 Å². The standard InChI is InChI=1S/C20H25N4O2P/c25-24(26)19-12-10-18(11-13-19)21-27(22-14-4-5-15-22,23-16-6-7-17-23)20-8-2-1-3-9-20/h1-3,8-13H,4-7,14-17H2. The van der Waals surface area contributed by atoms with Gasteiger partial charge in [-0.25, -0.2) is 4.74 Å². The Labute approximate surface area is 160 Å². The van der Waals surface area contributed by atoms with E-state index in [1.807, 2.05) is 0 Å². The first-order chi connectivity index (χ1) is 13.2. The first kappa shape index (κ1) is 18.4. The Balaban J connectivity index is 1.89. The molecule has 0 unspecified atom stereocenters. The maximum Gasteiger partial charge on any atom is 0.269 e. The van der Waals surface area contributed by atoms with E-state index in [4.69, 9.17) is 4.74 Å². The van der Waals surface area contributed by atoms with Crippen LogP contribution in [-0.2, 0) is 0 Å². The van der Waals surface area contributed by atoms with Crippen molar-refractivity contribution in [3.8, 4) is 0 Å². The van der Waals surface area contributed by atoms with Gasteiger partial charge in [0.2, 0.25) is 0 Å². The van der Waals surface area contributed by atoms with Crippen molar-refractivity contribution >= 4 is 24.0 Å². The molecule has 2 fully saturated rings. The Kier molecular flexibility index (Phi) is 5.39. The SMILES string of the molecule is O=[N+]([O-])c1ccc(N=P(c2ccccc2)(N2CCCC2)N2CCCC2)cc1. The summed E-state index contributed by atoms with van der Waals surface area (Å²) in [5.41, 5.74) is 0.941. The van der Waals surface area contributed by atoms with Gasteiger partial charge in [-0.3, -0.25) is 19.5 Å². The lowest BCUT2D eigenvalue weighted by atomic mass is 10.3. The van der Waals surface area contributed by atoms with Crippen molar-refractivity contribution in [2.24, 2.45) is 4.74 Å². The minimum atomic E-state index is -2.08. The van der Waals surface area contributed by atoms with Gasteiger partial charge in [-0.15, -0.1) is 0 Å². The van der Waals surface area contributed by atoms with Crippen LogP contribution in [0.25, 0.3) is 0 Å². The number of non-ortho nitro benzene ring substituents is 1. The Morgan fingerprint density at radius 1 is 0.815 bits per heavy atom. The average Bonchev–Trinajstić information content (AvgIpc) is 3.42. The molecule has 6 nitrogen and oxygen atoms in total. The highest BCUT2D eigenvalue weighted by Crippen LogP contribution is 2.59. The van der Waals surface area contributed by atoms with Crippen LogP contribution >= 0.6 is 7.36 Å². The number of rotatable bonds is 5. The number of nitrogens with zero attached hydrogens (tertiary/aromatic N) is 4. The van der Waals surface area contributed by atoms with Crippen molar-refractivity contribution < 1.29 is 4.92 Å². The molecule has 2 aromatic carbocycles. The number of hydrogen-bond donors (Lipinski definition) is 0. The normalized spacial score (nSPS) is 18.7. The molecular formula is C20H25N4O2P. The summed E-state index contributed by atoms with van der Waals surface area (Å²) in [6.45, 7) is 4.26. The molecule has 0 amide bonds. The molecule has 2 heterocycles. The monoisotopic (exact) mass is 384 g/mol. The van der Waals surface area contributed by atoms with E-state index in [1.165, 1.54) is 31.0 Å². The summed E-state index contributed by atoms with van der Waals surface area (Å²) in [6, 6.07) is 17.4. The van der Waals surface area contributed by atoms with Crippen LogP contribution < -0.4 is 5.30 Å². The minimum absolute atomic E-state index is 0.111. The Hall–Kier alpha value is -2.01. The first-order valence-corrected chi connectivity index (χ1v) is 11.3. The van der Waals surface area contributed by atoms with E-state index in [0.717, 1.165) is 31.9 Å². The van der Waals surface area contributed by atoms with Gasteiger partial charge >= 0.3 is 0 Å². The van der Waals surface area contributed by atoms with E-state index < -0.39 is 7.36 Å². The summed E-state index contributed by atoms with van der Waals surface area (Å²) in [5, 5.41) is 12.3. The van der Waals surface area contributed by atoms with Crippen molar-refractivity contribution in [3.63, 3.8) is 0 Å². The number of benzene rings is 2. The quantitative estimate of drug-likeness (QED) is 0.423. The van der Waals surface area contributed by atoms with Crippen molar-refractivity contribution in [1.29, 1.82) is 0 Å². The van der Waals surface area contributed by atoms with Crippen LogP contribution in [0.5, 0.6) is 0 Å². The van der Waals surface area contributed by atoms with E-state index in [2.05, 4.69) is 39.7 Å². The molecule has 2 saturated heterocycles. The zero-order valence-electron chi connectivity index (χ0n) is 15.4. The molecule has 0 bridgehead atoms. The molecule has 2 aliphatic rings. The summed E-state index contributed by atoms with van der Waals surface area (Å²) in [4.78, 5) is 10.6. The van der Waals surface area contributed by atoms with E-state index >= 15 is 0 Å². The third-order valence-electron chi connectivity index (χ3n) is 5.37. The van der Waals surface area contributed by atoms with Gasteiger partial charge in [0.05, 0.1) is 10.6 Å². The summed E-state index contributed by atoms with van der Waals surface area (Å²) in [6.07, 6.45) is 4.83. The van der Waals surface area contributed by atoms with Crippen LogP contribution in [0.15, 0.2) is 59.3 Å². The van der Waals surface area contributed by atoms with Gasteiger partial charge in [0.1, 0.15) is 7.36 Å². The molecule has 142 valence electrons. The van der Waals surface area contributed by atoms with E-state index in [-0.39, 0.29) is 10.6 Å². The summed E-state index contributed by atoms with van der Waals surface area (Å²) >= 11 is 0. The second-order valence-electron chi connectivity index (χ2n) is 7.10. The molecule has 7 heteroatoms. The highest BCUT2D eigenvalue weighted by molar-refractivity contribution is 7.69. The van der Waals surface area contributed by atoms with Crippen molar-refractivity contribution in [2.75, 3.05) is 26.2 Å². The Morgan fingerprint density at radius 2 is 1.33 bits per heavy atom. The van der Waals surface area contributed by atoms with Gasteiger partial charge in [0.15, 0.2) is 0 Å². The van der Waals surface area contributed by atoms with Gasteiger partial charge in [0.25, 0.3) is 5.69 Å². The molecule has 0 aromatic heterocycles. The lowest BCUT2D eigenvalue weighted by Crippen LogP contribution is -2.34. The summed E-state index contributed by atoms with van der Waals surface area (Å²) < 4.78 is 10.5. The van der Waals surface area contributed by atoms with Gasteiger partial charge in [0, 0.05) is 43.6 Å². The Morgan fingerprint density at radius 3 is 1.81 bits per heavy atom. The fourth-order valence-corrected chi connectivity index (χ4v) is 8.17.